The monoisotopic (exact) mass is 258 g/mol. The zero-order valence-electron chi connectivity index (χ0n) is 11.2. The fourth-order valence-corrected chi connectivity index (χ4v) is 2.92. The van der Waals surface area contributed by atoms with Crippen molar-refractivity contribution in [1.82, 2.24) is 5.32 Å². The minimum atomic E-state index is -0.413. The van der Waals surface area contributed by atoms with Gasteiger partial charge in [-0.25, -0.2) is 9.79 Å². The van der Waals surface area contributed by atoms with Crippen molar-refractivity contribution < 1.29 is 9.53 Å². The van der Waals surface area contributed by atoms with Gasteiger partial charge in [0, 0.05) is 11.3 Å². The number of nitrogens with zero attached hydrogens (tertiary/aromatic N) is 1. The topological polar surface area (TPSA) is 50.7 Å². The van der Waals surface area contributed by atoms with Crippen LogP contribution in [0, 0.1) is 5.92 Å². The van der Waals surface area contributed by atoms with Crippen LogP contribution in [0.4, 0.5) is 0 Å². The second kappa shape index (κ2) is 5.76. The van der Waals surface area contributed by atoms with Gasteiger partial charge in [-0.2, -0.15) is 0 Å². The third kappa shape index (κ3) is 4.22. The molecule has 98 valence electrons. The summed E-state index contributed by atoms with van der Waals surface area (Å²) in [5.41, 5.74) is 0.0573. The van der Waals surface area contributed by atoms with Gasteiger partial charge in [-0.05, 0) is 26.2 Å². The molecule has 0 amide bonds. The summed E-state index contributed by atoms with van der Waals surface area (Å²) in [6, 6.07) is -0.413. The molecule has 1 rings (SSSR count). The third-order valence-corrected chi connectivity index (χ3v) is 3.63. The predicted molar refractivity (Wildman–Crippen MR) is 72.4 cm³/mol. The molecule has 1 heterocycles. The Morgan fingerprint density at radius 3 is 2.65 bits per heavy atom. The molecule has 4 nitrogen and oxygen atoms in total. The van der Waals surface area contributed by atoms with Gasteiger partial charge in [-0.15, -0.1) is 0 Å². The molecule has 0 aliphatic carbocycles. The van der Waals surface area contributed by atoms with Crippen LogP contribution in [-0.2, 0) is 9.53 Å². The van der Waals surface area contributed by atoms with Crippen molar-refractivity contribution in [3.8, 4) is 0 Å². The summed E-state index contributed by atoms with van der Waals surface area (Å²) in [7, 11) is 1.41. The Balaban J connectivity index is 2.80. The standard InChI is InChI=1S/C12H22N2O2S/c1-8(2)9(10(15)16-5)13-11-14-12(3,4)6-7-17-11/h8-9H,6-7H2,1-5H3,(H,13,14). The molecular weight excluding hydrogens is 236 g/mol. The first-order valence-electron chi connectivity index (χ1n) is 5.92. The first-order valence-corrected chi connectivity index (χ1v) is 6.91. The van der Waals surface area contributed by atoms with E-state index in [1.807, 2.05) is 13.8 Å². The summed E-state index contributed by atoms with van der Waals surface area (Å²) < 4.78 is 4.78. The lowest BCUT2D eigenvalue weighted by atomic mass is 10.0. The maximum Gasteiger partial charge on any atom is 0.330 e. The number of nitrogens with one attached hydrogen (secondary N) is 1. The van der Waals surface area contributed by atoms with Gasteiger partial charge < -0.3 is 10.1 Å². The smallest absolute Gasteiger partial charge is 0.330 e. The van der Waals surface area contributed by atoms with Crippen LogP contribution in [0.2, 0.25) is 0 Å². The van der Waals surface area contributed by atoms with Gasteiger partial charge in [0.1, 0.15) is 0 Å². The highest BCUT2D eigenvalue weighted by Crippen LogP contribution is 2.23. The maximum atomic E-state index is 11.6. The van der Waals surface area contributed by atoms with E-state index >= 15 is 0 Å². The summed E-state index contributed by atoms with van der Waals surface area (Å²) >= 11 is 1.67. The van der Waals surface area contributed by atoms with Gasteiger partial charge in [0.05, 0.1) is 7.11 Å². The molecule has 17 heavy (non-hydrogen) atoms. The molecular formula is C12H22N2O2S. The zero-order valence-corrected chi connectivity index (χ0v) is 12.1. The Kier molecular flexibility index (Phi) is 4.86. The van der Waals surface area contributed by atoms with Gasteiger partial charge in [-0.3, -0.25) is 0 Å². The van der Waals surface area contributed by atoms with Crippen LogP contribution >= 0.6 is 11.8 Å². The number of hydrogen-bond donors (Lipinski definition) is 1. The van der Waals surface area contributed by atoms with Crippen LogP contribution < -0.4 is 5.32 Å². The maximum absolute atomic E-state index is 11.6. The quantitative estimate of drug-likeness (QED) is 0.787. The van der Waals surface area contributed by atoms with Gasteiger partial charge in [0.15, 0.2) is 11.2 Å². The van der Waals surface area contributed by atoms with E-state index in [-0.39, 0.29) is 17.4 Å². The largest absolute Gasteiger partial charge is 0.467 e. The molecule has 5 heteroatoms. The summed E-state index contributed by atoms with van der Waals surface area (Å²) in [5.74, 6) is 0.908. The number of thioether (sulfide) groups is 1. The number of amidine groups is 1. The summed E-state index contributed by atoms with van der Waals surface area (Å²) in [5, 5.41) is 4.21. The number of ether oxygens (including phenoxy) is 1. The van der Waals surface area contributed by atoms with Gasteiger partial charge in [-0.1, -0.05) is 25.6 Å². The Morgan fingerprint density at radius 1 is 1.53 bits per heavy atom. The lowest BCUT2D eigenvalue weighted by Gasteiger charge is -2.33. The molecule has 1 unspecified atom stereocenters. The Bertz CT molecular complexity index is 314. The SMILES string of the molecule is COC(=O)C(N=C1NC(C)(C)CCS1)C(C)C. The molecule has 0 aromatic carbocycles. The second-order valence-electron chi connectivity index (χ2n) is 5.25. The van der Waals surface area contributed by atoms with Crippen LogP contribution in [0.15, 0.2) is 4.99 Å². The zero-order chi connectivity index (χ0) is 13.1. The third-order valence-electron chi connectivity index (χ3n) is 2.74. The fraction of sp³-hybridized carbons (Fsp3) is 0.833. The first kappa shape index (κ1) is 14.4. The first-order chi connectivity index (χ1) is 7.85. The van der Waals surface area contributed by atoms with Gasteiger partial charge >= 0.3 is 5.97 Å². The van der Waals surface area contributed by atoms with Crippen LogP contribution in [0.3, 0.4) is 0 Å². The van der Waals surface area contributed by atoms with Crippen LogP contribution in [0.25, 0.3) is 0 Å². The van der Waals surface area contributed by atoms with Crippen molar-refractivity contribution in [2.45, 2.75) is 45.7 Å². The van der Waals surface area contributed by atoms with Crippen molar-refractivity contribution in [2.75, 3.05) is 12.9 Å². The molecule has 1 aliphatic rings. The minimum absolute atomic E-state index is 0.0573. The highest BCUT2D eigenvalue weighted by molar-refractivity contribution is 8.13. The van der Waals surface area contributed by atoms with Crippen molar-refractivity contribution >= 4 is 22.9 Å². The molecule has 0 bridgehead atoms. The van der Waals surface area contributed by atoms with Crippen molar-refractivity contribution in [3.63, 3.8) is 0 Å². The number of rotatable bonds is 3. The number of aliphatic imine (C=N–C) groups is 1. The van der Waals surface area contributed by atoms with Crippen molar-refractivity contribution in [3.05, 3.63) is 0 Å². The van der Waals surface area contributed by atoms with E-state index in [9.17, 15) is 4.79 Å². The average Bonchev–Trinajstić information content (AvgIpc) is 2.23. The van der Waals surface area contributed by atoms with Crippen molar-refractivity contribution in [2.24, 2.45) is 10.9 Å². The molecule has 0 aromatic heterocycles. The number of carbonyl (C=O) groups excluding carboxylic acids is 1. The molecule has 1 fully saturated rings. The van der Waals surface area contributed by atoms with E-state index in [2.05, 4.69) is 24.2 Å². The predicted octanol–water partition coefficient (Wildman–Crippen LogP) is 2.05. The number of esters is 1. The molecule has 0 saturated carbocycles. The number of methoxy groups -OCH3 is 1. The number of hydrogen-bond acceptors (Lipinski definition) is 4. The number of carbonyl (C=O) groups is 1. The summed E-state index contributed by atoms with van der Waals surface area (Å²) in [6.45, 7) is 8.24. The minimum Gasteiger partial charge on any atom is -0.467 e. The Morgan fingerprint density at radius 2 is 2.18 bits per heavy atom. The summed E-state index contributed by atoms with van der Waals surface area (Å²) in [4.78, 5) is 16.1. The molecule has 1 saturated heterocycles. The fourth-order valence-electron chi connectivity index (χ4n) is 1.58. The van der Waals surface area contributed by atoms with Crippen LogP contribution in [-0.4, -0.2) is 35.6 Å². The highest BCUT2D eigenvalue weighted by Gasteiger charge is 2.28. The van der Waals surface area contributed by atoms with E-state index in [1.165, 1.54) is 7.11 Å². The lowest BCUT2D eigenvalue weighted by Crippen LogP contribution is -2.47. The highest BCUT2D eigenvalue weighted by atomic mass is 32.2. The summed E-state index contributed by atoms with van der Waals surface area (Å²) in [6.07, 6.45) is 1.10. The molecule has 1 N–H and O–H groups in total. The lowest BCUT2D eigenvalue weighted by molar-refractivity contribution is -0.143. The Labute approximate surface area is 108 Å². The van der Waals surface area contributed by atoms with E-state index in [0.29, 0.717) is 0 Å². The van der Waals surface area contributed by atoms with E-state index in [4.69, 9.17) is 4.74 Å². The van der Waals surface area contributed by atoms with Gasteiger partial charge in [0.25, 0.3) is 0 Å². The normalized spacial score (nSPS) is 23.3. The average molecular weight is 258 g/mol. The molecule has 1 aliphatic heterocycles. The molecule has 0 spiro atoms. The van der Waals surface area contributed by atoms with Crippen molar-refractivity contribution in [1.29, 1.82) is 0 Å². The van der Waals surface area contributed by atoms with E-state index in [0.717, 1.165) is 17.3 Å². The molecule has 0 radical (unpaired) electrons. The Hall–Kier alpha value is -0.710. The van der Waals surface area contributed by atoms with E-state index < -0.39 is 6.04 Å². The molecule has 0 aromatic rings. The van der Waals surface area contributed by atoms with Crippen LogP contribution in [0.1, 0.15) is 34.1 Å². The second-order valence-corrected chi connectivity index (χ2v) is 6.34. The van der Waals surface area contributed by atoms with E-state index in [1.54, 1.807) is 11.8 Å². The van der Waals surface area contributed by atoms with Gasteiger partial charge in [0.2, 0.25) is 0 Å². The molecule has 1 atom stereocenters. The van der Waals surface area contributed by atoms with Crippen LogP contribution in [0.5, 0.6) is 0 Å².